The number of carbonyl (C=O) groups excluding carboxylic acids is 1. The van der Waals surface area contributed by atoms with Crippen LogP contribution in [-0.4, -0.2) is 12.6 Å². The van der Waals surface area contributed by atoms with Crippen molar-refractivity contribution in [1.82, 2.24) is 0 Å². The highest BCUT2D eigenvalue weighted by Crippen LogP contribution is 2.32. The predicted octanol–water partition coefficient (Wildman–Crippen LogP) is 4.92. The lowest BCUT2D eigenvalue weighted by molar-refractivity contribution is -0.142. The van der Waals surface area contributed by atoms with Crippen molar-refractivity contribution in [3.63, 3.8) is 0 Å². The van der Waals surface area contributed by atoms with Gasteiger partial charge in [0.25, 0.3) is 0 Å². The molecule has 7 nitrogen and oxygen atoms in total. The molecule has 0 radical (unpaired) electrons. The van der Waals surface area contributed by atoms with E-state index in [1.165, 1.54) is 12.1 Å². The van der Waals surface area contributed by atoms with Gasteiger partial charge in [-0.15, -0.1) is 0 Å². The van der Waals surface area contributed by atoms with E-state index in [0.29, 0.717) is 34.3 Å². The number of fused-ring (bicyclic) bond motifs is 2. The van der Waals surface area contributed by atoms with Crippen LogP contribution in [0.4, 0.5) is 0 Å². The minimum atomic E-state index is -0.692. The molecule has 0 aliphatic rings. The maximum Gasteiger partial charge on any atom is 0.344 e. The Balaban J connectivity index is 1.87. The van der Waals surface area contributed by atoms with E-state index in [2.05, 4.69) is 0 Å². The van der Waals surface area contributed by atoms with Gasteiger partial charge in [-0.05, 0) is 52.0 Å². The van der Waals surface area contributed by atoms with Crippen LogP contribution in [0.15, 0.2) is 67.0 Å². The third-order valence-corrected chi connectivity index (χ3v) is 4.85. The maximum atomic E-state index is 12.8. The summed E-state index contributed by atoms with van der Waals surface area (Å²) in [5.41, 5.74) is -0.844. The molecule has 0 saturated heterocycles. The number of para-hydroxylation sites is 1. The van der Waals surface area contributed by atoms with Crippen molar-refractivity contribution in [3.05, 3.63) is 69.4 Å². The van der Waals surface area contributed by atoms with Crippen molar-refractivity contribution in [1.29, 1.82) is 0 Å². The number of rotatable bonds is 4. The van der Waals surface area contributed by atoms with Gasteiger partial charge in [0.15, 0.2) is 11.3 Å². The average Bonchev–Trinajstić information content (AvgIpc) is 2.72. The van der Waals surface area contributed by atoms with Gasteiger partial charge in [-0.1, -0.05) is 12.1 Å². The molecule has 0 spiro atoms. The Bertz CT molecular complexity index is 1450. The lowest BCUT2D eigenvalue weighted by atomic mass is 9.97. The molecular formula is C25H22O7. The zero-order valence-corrected chi connectivity index (χ0v) is 18.2. The summed E-state index contributed by atoms with van der Waals surface area (Å²) in [4.78, 5) is 37.3. The largest absolute Gasteiger partial charge is 0.490 e. The third kappa shape index (κ3) is 4.01. The average molecular weight is 434 g/mol. The lowest BCUT2D eigenvalue weighted by Crippen LogP contribution is -2.25. The second kappa shape index (κ2) is 8.00. The van der Waals surface area contributed by atoms with E-state index in [1.807, 2.05) is 6.92 Å². The first kappa shape index (κ1) is 21.4. The van der Waals surface area contributed by atoms with Crippen molar-refractivity contribution in [2.24, 2.45) is 5.41 Å². The van der Waals surface area contributed by atoms with Gasteiger partial charge in [-0.2, -0.15) is 0 Å². The fraction of sp³-hybridized carbons (Fsp3) is 0.240. The molecule has 0 fully saturated rings. The molecule has 0 aliphatic heterocycles. The van der Waals surface area contributed by atoms with Crippen LogP contribution in [0, 0.1) is 5.41 Å². The first-order valence-corrected chi connectivity index (χ1v) is 10.2. The monoisotopic (exact) mass is 434 g/mol. The van der Waals surface area contributed by atoms with E-state index in [0.717, 1.165) is 0 Å². The van der Waals surface area contributed by atoms with Crippen molar-refractivity contribution in [2.75, 3.05) is 6.61 Å². The third-order valence-electron chi connectivity index (χ3n) is 4.85. The summed E-state index contributed by atoms with van der Waals surface area (Å²) < 4.78 is 21.8. The van der Waals surface area contributed by atoms with Gasteiger partial charge in [0.05, 0.1) is 17.6 Å². The van der Waals surface area contributed by atoms with Crippen LogP contribution in [-0.2, 0) is 4.79 Å². The number of ether oxygens (including phenoxy) is 2. The molecule has 32 heavy (non-hydrogen) atoms. The van der Waals surface area contributed by atoms with E-state index in [1.54, 1.807) is 57.2 Å². The summed E-state index contributed by atoms with van der Waals surface area (Å²) in [5, 5.41) is 1.16. The lowest BCUT2D eigenvalue weighted by Gasteiger charge is -2.16. The molecule has 4 aromatic rings. The van der Waals surface area contributed by atoms with Gasteiger partial charge in [0.1, 0.15) is 11.3 Å². The molecule has 0 amide bonds. The summed E-state index contributed by atoms with van der Waals surface area (Å²) in [6, 6.07) is 12.9. The van der Waals surface area contributed by atoms with Gasteiger partial charge in [-0.25, -0.2) is 9.59 Å². The van der Waals surface area contributed by atoms with E-state index in [4.69, 9.17) is 18.3 Å². The van der Waals surface area contributed by atoms with Crippen LogP contribution in [0.3, 0.4) is 0 Å². The van der Waals surface area contributed by atoms with E-state index in [9.17, 15) is 14.4 Å². The summed E-state index contributed by atoms with van der Waals surface area (Å²) in [5.74, 6) is 0.289. The van der Waals surface area contributed by atoms with Crippen LogP contribution in [0.5, 0.6) is 11.5 Å². The zero-order chi connectivity index (χ0) is 23.0. The fourth-order valence-corrected chi connectivity index (χ4v) is 3.26. The van der Waals surface area contributed by atoms with Gasteiger partial charge in [0.2, 0.25) is 0 Å². The number of benzene rings is 2. The quantitative estimate of drug-likeness (QED) is 0.256. The van der Waals surface area contributed by atoms with Crippen LogP contribution in [0.1, 0.15) is 27.7 Å². The van der Waals surface area contributed by atoms with Crippen LogP contribution >= 0.6 is 0 Å². The Morgan fingerprint density at radius 1 is 0.969 bits per heavy atom. The smallest absolute Gasteiger partial charge is 0.344 e. The Morgan fingerprint density at radius 2 is 1.75 bits per heavy atom. The SMILES string of the molecule is CCOc1cccc2cc(-c3cc(=O)oc4cc(OC(=O)C(C)(C)C)ccc34)c(=O)oc12. The normalized spacial score (nSPS) is 11.6. The second-order valence-corrected chi connectivity index (χ2v) is 8.33. The molecule has 4 rings (SSSR count). The molecule has 0 bridgehead atoms. The Labute approximate surface area is 183 Å². The Hall–Kier alpha value is -3.87. The van der Waals surface area contributed by atoms with Crippen LogP contribution in [0.25, 0.3) is 33.1 Å². The highest BCUT2D eigenvalue weighted by Gasteiger charge is 2.24. The van der Waals surface area contributed by atoms with E-state index < -0.39 is 22.6 Å². The second-order valence-electron chi connectivity index (χ2n) is 8.33. The fourth-order valence-electron chi connectivity index (χ4n) is 3.26. The Kier molecular flexibility index (Phi) is 5.34. The first-order chi connectivity index (χ1) is 15.2. The standard InChI is InChI=1S/C25H22O7/c1-5-29-19-8-6-7-14-11-18(23(27)32-22(14)19)17-13-21(26)31-20-12-15(9-10-16(17)20)30-24(28)25(2,3)4/h6-13H,5H2,1-4H3. The summed E-state index contributed by atoms with van der Waals surface area (Å²) in [7, 11) is 0. The molecule has 0 saturated carbocycles. The molecule has 2 aromatic heterocycles. The first-order valence-electron chi connectivity index (χ1n) is 10.2. The number of esters is 1. The molecule has 2 heterocycles. The van der Waals surface area contributed by atoms with E-state index >= 15 is 0 Å². The van der Waals surface area contributed by atoms with Gasteiger partial charge >= 0.3 is 17.2 Å². The van der Waals surface area contributed by atoms with Crippen LogP contribution < -0.4 is 20.7 Å². The van der Waals surface area contributed by atoms with Crippen molar-refractivity contribution < 1.29 is 23.1 Å². The number of hydrogen-bond donors (Lipinski definition) is 0. The van der Waals surface area contributed by atoms with Crippen LogP contribution in [0.2, 0.25) is 0 Å². The maximum absolute atomic E-state index is 12.8. The predicted molar refractivity (Wildman–Crippen MR) is 120 cm³/mol. The van der Waals surface area contributed by atoms with Gasteiger partial charge in [-0.3, -0.25) is 4.79 Å². The van der Waals surface area contributed by atoms with Gasteiger partial charge in [0, 0.05) is 28.5 Å². The highest BCUT2D eigenvalue weighted by molar-refractivity contribution is 5.96. The summed E-state index contributed by atoms with van der Waals surface area (Å²) in [6.07, 6.45) is 0. The number of hydrogen-bond acceptors (Lipinski definition) is 7. The minimum absolute atomic E-state index is 0.189. The molecule has 0 unspecified atom stereocenters. The molecular weight excluding hydrogens is 412 g/mol. The zero-order valence-electron chi connectivity index (χ0n) is 18.2. The molecule has 2 aromatic carbocycles. The summed E-state index contributed by atoms with van der Waals surface area (Å²) >= 11 is 0. The minimum Gasteiger partial charge on any atom is -0.490 e. The molecule has 7 heteroatoms. The molecule has 0 aliphatic carbocycles. The van der Waals surface area contributed by atoms with E-state index in [-0.39, 0.29) is 16.9 Å². The molecule has 164 valence electrons. The highest BCUT2D eigenvalue weighted by atomic mass is 16.5. The molecule has 0 atom stereocenters. The topological polar surface area (TPSA) is 96.0 Å². The van der Waals surface area contributed by atoms with Crippen molar-refractivity contribution in [3.8, 4) is 22.6 Å². The van der Waals surface area contributed by atoms with Gasteiger partial charge < -0.3 is 18.3 Å². The summed E-state index contributed by atoms with van der Waals surface area (Å²) in [6.45, 7) is 7.49. The Morgan fingerprint density at radius 3 is 2.47 bits per heavy atom. The number of carbonyl (C=O) groups is 1. The molecule has 0 N–H and O–H groups in total. The van der Waals surface area contributed by atoms with Crippen molar-refractivity contribution >= 4 is 27.9 Å². The van der Waals surface area contributed by atoms with Crippen molar-refractivity contribution in [2.45, 2.75) is 27.7 Å².